The Kier molecular flexibility index (Phi) is 4.85. The van der Waals surface area contributed by atoms with Crippen molar-refractivity contribution in [3.05, 3.63) is 29.8 Å². The third-order valence-corrected chi connectivity index (χ3v) is 5.09. The highest BCUT2D eigenvalue weighted by molar-refractivity contribution is 5.83. The van der Waals surface area contributed by atoms with Gasteiger partial charge in [-0.2, -0.15) is 5.26 Å². The predicted octanol–water partition coefficient (Wildman–Crippen LogP) is 3.17. The molecule has 1 aromatic rings. The molecular formula is C19H25N3O. The van der Waals surface area contributed by atoms with Crippen LogP contribution in [0.5, 0.6) is 0 Å². The van der Waals surface area contributed by atoms with Crippen LogP contribution in [0.15, 0.2) is 24.3 Å². The summed E-state index contributed by atoms with van der Waals surface area (Å²) in [5.74, 6) is -0.0230. The third kappa shape index (κ3) is 3.67. The zero-order valence-electron chi connectivity index (χ0n) is 13.7. The van der Waals surface area contributed by atoms with E-state index in [2.05, 4.69) is 34.5 Å². The van der Waals surface area contributed by atoms with Gasteiger partial charge in [-0.05, 0) is 37.3 Å². The van der Waals surface area contributed by atoms with E-state index in [9.17, 15) is 10.1 Å². The average Bonchev–Trinajstić information content (AvgIpc) is 2.81. The maximum absolute atomic E-state index is 12.6. The van der Waals surface area contributed by atoms with E-state index in [0.717, 1.165) is 45.1 Å². The first kappa shape index (κ1) is 15.9. The Hall–Kier alpha value is -2.02. The molecule has 0 unspecified atom stereocenters. The molecular weight excluding hydrogens is 286 g/mol. The molecule has 1 fully saturated rings. The topological polar surface area (TPSA) is 56.1 Å². The monoisotopic (exact) mass is 311 g/mol. The number of amides is 1. The number of benzene rings is 1. The van der Waals surface area contributed by atoms with Crippen molar-refractivity contribution < 1.29 is 4.79 Å². The van der Waals surface area contributed by atoms with E-state index in [-0.39, 0.29) is 5.91 Å². The van der Waals surface area contributed by atoms with E-state index in [1.807, 2.05) is 6.07 Å². The summed E-state index contributed by atoms with van der Waals surface area (Å²) in [5, 5.41) is 12.7. The number of nitriles is 1. The van der Waals surface area contributed by atoms with Crippen LogP contribution >= 0.6 is 0 Å². The van der Waals surface area contributed by atoms with Gasteiger partial charge in [-0.1, -0.05) is 43.9 Å². The number of hydrogen-bond acceptors (Lipinski definition) is 3. The maximum Gasteiger partial charge on any atom is 0.240 e. The SMILES string of the molecule is N#CC1(NC(=O)CN2CCCc3ccccc32)CCCCCC1. The van der Waals surface area contributed by atoms with Crippen LogP contribution in [-0.4, -0.2) is 24.5 Å². The minimum absolute atomic E-state index is 0.0230. The van der Waals surface area contributed by atoms with Crippen LogP contribution in [0.4, 0.5) is 5.69 Å². The summed E-state index contributed by atoms with van der Waals surface area (Å²) >= 11 is 0. The van der Waals surface area contributed by atoms with Crippen LogP contribution in [0.1, 0.15) is 50.5 Å². The average molecular weight is 311 g/mol. The molecule has 23 heavy (non-hydrogen) atoms. The van der Waals surface area contributed by atoms with Gasteiger partial charge in [0.1, 0.15) is 5.54 Å². The molecule has 0 spiro atoms. The van der Waals surface area contributed by atoms with Gasteiger partial charge in [0.05, 0.1) is 12.6 Å². The highest BCUT2D eigenvalue weighted by Gasteiger charge is 2.33. The van der Waals surface area contributed by atoms with Crippen LogP contribution in [-0.2, 0) is 11.2 Å². The van der Waals surface area contributed by atoms with Gasteiger partial charge >= 0.3 is 0 Å². The summed E-state index contributed by atoms with van der Waals surface area (Å²) in [6.07, 6.45) is 8.11. The lowest BCUT2D eigenvalue weighted by atomic mass is 9.92. The first-order valence-corrected chi connectivity index (χ1v) is 8.78. The lowest BCUT2D eigenvalue weighted by Gasteiger charge is -2.32. The maximum atomic E-state index is 12.6. The molecule has 0 bridgehead atoms. The van der Waals surface area contributed by atoms with Gasteiger partial charge in [-0.25, -0.2) is 0 Å². The second-order valence-corrected chi connectivity index (χ2v) is 6.81. The molecule has 0 aromatic heterocycles. The molecule has 4 nitrogen and oxygen atoms in total. The Morgan fingerprint density at radius 1 is 1.17 bits per heavy atom. The fraction of sp³-hybridized carbons (Fsp3) is 0.579. The molecule has 1 aliphatic heterocycles. The minimum Gasteiger partial charge on any atom is -0.362 e. The smallest absolute Gasteiger partial charge is 0.240 e. The van der Waals surface area contributed by atoms with Crippen molar-refractivity contribution in [3.63, 3.8) is 0 Å². The van der Waals surface area contributed by atoms with Crippen molar-refractivity contribution in [2.45, 2.75) is 56.9 Å². The lowest BCUT2D eigenvalue weighted by Crippen LogP contribution is -2.51. The molecule has 0 saturated heterocycles. The summed E-state index contributed by atoms with van der Waals surface area (Å²) in [7, 11) is 0. The van der Waals surface area contributed by atoms with Crippen molar-refractivity contribution in [1.29, 1.82) is 5.26 Å². The summed E-state index contributed by atoms with van der Waals surface area (Å²) in [4.78, 5) is 14.7. The quantitative estimate of drug-likeness (QED) is 0.872. The van der Waals surface area contributed by atoms with E-state index in [1.165, 1.54) is 24.1 Å². The number of aryl methyl sites for hydroxylation is 1. The number of nitrogens with zero attached hydrogens (tertiary/aromatic N) is 2. The number of carbonyl (C=O) groups is 1. The fourth-order valence-corrected chi connectivity index (χ4v) is 3.85. The van der Waals surface area contributed by atoms with Gasteiger partial charge in [-0.15, -0.1) is 0 Å². The van der Waals surface area contributed by atoms with Gasteiger partial charge in [-0.3, -0.25) is 4.79 Å². The van der Waals surface area contributed by atoms with Gasteiger partial charge in [0.25, 0.3) is 0 Å². The van der Waals surface area contributed by atoms with Crippen LogP contribution in [0, 0.1) is 11.3 Å². The van der Waals surface area contributed by atoms with Crippen LogP contribution in [0.3, 0.4) is 0 Å². The third-order valence-electron chi connectivity index (χ3n) is 5.09. The zero-order chi connectivity index (χ0) is 16.1. The number of rotatable bonds is 3. The van der Waals surface area contributed by atoms with E-state index in [1.54, 1.807) is 0 Å². The van der Waals surface area contributed by atoms with E-state index >= 15 is 0 Å². The Morgan fingerprint density at radius 3 is 2.65 bits per heavy atom. The number of anilines is 1. The molecule has 1 amide bonds. The molecule has 1 aliphatic carbocycles. The number of hydrogen-bond donors (Lipinski definition) is 1. The van der Waals surface area contributed by atoms with Gasteiger partial charge < -0.3 is 10.2 Å². The molecule has 122 valence electrons. The molecule has 1 saturated carbocycles. The summed E-state index contributed by atoms with van der Waals surface area (Å²) in [5.41, 5.74) is 1.83. The van der Waals surface area contributed by atoms with Crippen LogP contribution < -0.4 is 10.2 Å². The molecule has 0 atom stereocenters. The highest BCUT2D eigenvalue weighted by atomic mass is 16.2. The Balaban J connectivity index is 1.67. The summed E-state index contributed by atoms with van der Waals surface area (Å²) in [6.45, 7) is 1.25. The largest absolute Gasteiger partial charge is 0.362 e. The van der Waals surface area contributed by atoms with E-state index in [4.69, 9.17) is 0 Å². The number of carbonyl (C=O) groups excluding carboxylic acids is 1. The van der Waals surface area contributed by atoms with Crippen molar-refractivity contribution in [2.24, 2.45) is 0 Å². The first-order chi connectivity index (χ1) is 11.2. The molecule has 1 aromatic carbocycles. The normalized spacial score (nSPS) is 20.0. The van der Waals surface area contributed by atoms with E-state index in [0.29, 0.717) is 6.54 Å². The van der Waals surface area contributed by atoms with Gasteiger partial charge in [0.15, 0.2) is 0 Å². The molecule has 3 rings (SSSR count). The minimum atomic E-state index is -0.650. The summed E-state index contributed by atoms with van der Waals surface area (Å²) in [6, 6.07) is 10.7. The fourth-order valence-electron chi connectivity index (χ4n) is 3.85. The Bertz CT molecular complexity index is 597. The zero-order valence-corrected chi connectivity index (χ0v) is 13.7. The van der Waals surface area contributed by atoms with Crippen LogP contribution in [0.25, 0.3) is 0 Å². The second kappa shape index (κ2) is 7.04. The highest BCUT2D eigenvalue weighted by Crippen LogP contribution is 2.28. The molecule has 0 radical (unpaired) electrons. The van der Waals surface area contributed by atoms with Crippen molar-refractivity contribution in [1.82, 2.24) is 5.32 Å². The standard InChI is InChI=1S/C19H25N3O/c20-15-19(11-5-1-2-6-12-19)21-18(23)14-22-13-7-9-16-8-3-4-10-17(16)22/h3-4,8,10H,1-2,5-7,9,11-14H2,(H,21,23). The molecule has 1 heterocycles. The Morgan fingerprint density at radius 2 is 1.91 bits per heavy atom. The van der Waals surface area contributed by atoms with Crippen molar-refractivity contribution in [2.75, 3.05) is 18.0 Å². The van der Waals surface area contributed by atoms with Gasteiger partial charge in [0.2, 0.25) is 5.91 Å². The van der Waals surface area contributed by atoms with Crippen molar-refractivity contribution in [3.8, 4) is 6.07 Å². The second-order valence-electron chi connectivity index (χ2n) is 6.81. The lowest BCUT2D eigenvalue weighted by molar-refractivity contribution is -0.121. The van der Waals surface area contributed by atoms with Gasteiger partial charge in [0, 0.05) is 12.2 Å². The number of nitrogens with one attached hydrogen (secondary N) is 1. The predicted molar refractivity (Wildman–Crippen MR) is 91.2 cm³/mol. The van der Waals surface area contributed by atoms with E-state index < -0.39 is 5.54 Å². The Labute approximate surface area is 138 Å². The van der Waals surface area contributed by atoms with Crippen LogP contribution in [0.2, 0.25) is 0 Å². The number of fused-ring (bicyclic) bond motifs is 1. The van der Waals surface area contributed by atoms with Crippen molar-refractivity contribution >= 4 is 11.6 Å². The number of para-hydroxylation sites is 1. The molecule has 2 aliphatic rings. The molecule has 1 N–H and O–H groups in total. The summed E-state index contributed by atoms with van der Waals surface area (Å²) < 4.78 is 0. The molecule has 4 heteroatoms. The first-order valence-electron chi connectivity index (χ1n) is 8.78.